The predicted molar refractivity (Wildman–Crippen MR) is 84.7 cm³/mol. The van der Waals surface area contributed by atoms with Gasteiger partial charge < -0.3 is 15.1 Å². The van der Waals surface area contributed by atoms with Gasteiger partial charge in [0, 0.05) is 13.1 Å². The van der Waals surface area contributed by atoms with E-state index in [9.17, 15) is 14.4 Å². The Kier molecular flexibility index (Phi) is 4.07. The smallest absolute Gasteiger partial charge is 0.245 e. The summed E-state index contributed by atoms with van der Waals surface area (Å²) in [5.74, 6) is -0.247. The molecule has 23 heavy (non-hydrogen) atoms. The van der Waals surface area contributed by atoms with Gasteiger partial charge in [-0.05, 0) is 30.5 Å². The Bertz CT molecular complexity index is 671. The van der Waals surface area contributed by atoms with E-state index in [1.165, 1.54) is 5.56 Å². The number of benzene rings is 1. The lowest BCUT2D eigenvalue weighted by Gasteiger charge is -2.42. The maximum Gasteiger partial charge on any atom is 0.245 e. The third-order valence-electron chi connectivity index (χ3n) is 4.70. The van der Waals surface area contributed by atoms with Crippen molar-refractivity contribution in [3.8, 4) is 0 Å². The fraction of sp³-hybridized carbons (Fsp3) is 0.471. The van der Waals surface area contributed by atoms with Gasteiger partial charge in [0.1, 0.15) is 6.04 Å². The van der Waals surface area contributed by atoms with E-state index in [-0.39, 0.29) is 30.8 Å². The molecular weight excluding hydrogens is 294 g/mol. The summed E-state index contributed by atoms with van der Waals surface area (Å²) in [6.07, 6.45) is 0.323. The molecule has 0 unspecified atom stereocenters. The molecule has 0 aliphatic carbocycles. The summed E-state index contributed by atoms with van der Waals surface area (Å²) in [6, 6.07) is 5.46. The second kappa shape index (κ2) is 6.02. The maximum absolute atomic E-state index is 12.5. The zero-order valence-corrected chi connectivity index (χ0v) is 13.5. The summed E-state index contributed by atoms with van der Waals surface area (Å²) in [7, 11) is 0. The molecule has 2 heterocycles. The molecule has 2 aliphatic heterocycles. The highest BCUT2D eigenvalue weighted by atomic mass is 16.2. The third kappa shape index (κ3) is 3.06. The number of piperazine rings is 2. The molecule has 6 heteroatoms. The van der Waals surface area contributed by atoms with Gasteiger partial charge in [-0.3, -0.25) is 14.4 Å². The summed E-state index contributed by atoms with van der Waals surface area (Å²) in [6.45, 7) is 5.32. The van der Waals surface area contributed by atoms with Crippen LogP contribution in [0.25, 0.3) is 0 Å². The molecule has 0 spiro atoms. The zero-order valence-electron chi connectivity index (χ0n) is 13.5. The minimum atomic E-state index is -0.547. The summed E-state index contributed by atoms with van der Waals surface area (Å²) in [4.78, 5) is 39.5. The van der Waals surface area contributed by atoms with E-state index in [1.807, 2.05) is 32.0 Å². The summed E-state index contributed by atoms with van der Waals surface area (Å²) >= 11 is 0. The van der Waals surface area contributed by atoms with Crippen molar-refractivity contribution >= 4 is 17.7 Å². The Hall–Kier alpha value is -2.37. The van der Waals surface area contributed by atoms with Gasteiger partial charge in [-0.15, -0.1) is 0 Å². The first kappa shape index (κ1) is 15.5. The number of fused-ring (bicyclic) bond motifs is 1. The minimum Gasteiger partial charge on any atom is -0.345 e. The lowest BCUT2D eigenvalue weighted by Crippen LogP contribution is -2.66. The molecule has 3 amide bonds. The highest BCUT2D eigenvalue weighted by Gasteiger charge is 2.39. The van der Waals surface area contributed by atoms with Crippen LogP contribution in [0.3, 0.4) is 0 Å². The van der Waals surface area contributed by atoms with Gasteiger partial charge in [0.05, 0.1) is 19.5 Å². The lowest BCUT2D eigenvalue weighted by atomic mass is 10.0. The second-order valence-electron chi connectivity index (χ2n) is 6.26. The van der Waals surface area contributed by atoms with E-state index in [2.05, 4.69) is 5.32 Å². The average Bonchev–Trinajstić information content (AvgIpc) is 2.54. The Morgan fingerprint density at radius 3 is 2.74 bits per heavy atom. The molecule has 1 atom stereocenters. The normalized spacial score (nSPS) is 21.0. The van der Waals surface area contributed by atoms with Crippen molar-refractivity contribution in [2.45, 2.75) is 26.3 Å². The molecule has 1 aromatic carbocycles. The van der Waals surface area contributed by atoms with Crippen molar-refractivity contribution in [1.82, 2.24) is 15.1 Å². The van der Waals surface area contributed by atoms with Crippen molar-refractivity contribution in [2.24, 2.45) is 0 Å². The number of nitrogens with one attached hydrogen (secondary N) is 1. The van der Waals surface area contributed by atoms with Crippen LogP contribution in [-0.4, -0.2) is 59.7 Å². The molecule has 2 aliphatic rings. The van der Waals surface area contributed by atoms with Crippen LogP contribution in [0.4, 0.5) is 0 Å². The van der Waals surface area contributed by atoms with E-state index in [0.717, 1.165) is 11.1 Å². The van der Waals surface area contributed by atoms with E-state index in [1.54, 1.807) is 9.80 Å². The van der Waals surface area contributed by atoms with Crippen molar-refractivity contribution in [2.75, 3.05) is 26.2 Å². The maximum atomic E-state index is 12.5. The van der Waals surface area contributed by atoms with Crippen LogP contribution in [0.15, 0.2) is 18.2 Å². The summed E-state index contributed by atoms with van der Waals surface area (Å²) < 4.78 is 0. The topological polar surface area (TPSA) is 69.7 Å². The van der Waals surface area contributed by atoms with Gasteiger partial charge in [-0.25, -0.2) is 0 Å². The number of aryl methyl sites for hydroxylation is 2. The first-order valence-electron chi connectivity index (χ1n) is 7.87. The zero-order chi connectivity index (χ0) is 16.6. The van der Waals surface area contributed by atoms with Gasteiger partial charge in [-0.2, -0.15) is 0 Å². The third-order valence-corrected chi connectivity index (χ3v) is 4.70. The molecule has 0 bridgehead atoms. The second-order valence-corrected chi connectivity index (χ2v) is 6.26. The van der Waals surface area contributed by atoms with Crippen molar-refractivity contribution in [3.63, 3.8) is 0 Å². The standard InChI is InChI=1S/C17H21N3O3/c1-11-3-4-13(7-12(11)2)8-15(21)19-5-6-20-14(10-19)17(23)18-9-16(20)22/h3-4,7,14H,5-6,8-10H2,1-2H3,(H,18,23)/t14-/m1/s1. The number of carbonyl (C=O) groups excluding carboxylic acids is 3. The molecule has 0 radical (unpaired) electrons. The molecule has 122 valence electrons. The number of carbonyl (C=O) groups is 3. The minimum absolute atomic E-state index is 0.00118. The lowest BCUT2D eigenvalue weighted by molar-refractivity contribution is -0.152. The number of rotatable bonds is 2. The van der Waals surface area contributed by atoms with Crippen molar-refractivity contribution in [1.29, 1.82) is 0 Å². The van der Waals surface area contributed by atoms with E-state index in [4.69, 9.17) is 0 Å². The van der Waals surface area contributed by atoms with Crippen LogP contribution in [-0.2, 0) is 20.8 Å². The van der Waals surface area contributed by atoms with Crippen LogP contribution in [0.5, 0.6) is 0 Å². The molecule has 1 aromatic rings. The van der Waals surface area contributed by atoms with Crippen molar-refractivity contribution in [3.05, 3.63) is 34.9 Å². The first-order chi connectivity index (χ1) is 11.0. The first-order valence-corrected chi connectivity index (χ1v) is 7.87. The quantitative estimate of drug-likeness (QED) is 0.836. The molecule has 1 N–H and O–H groups in total. The largest absolute Gasteiger partial charge is 0.345 e. The molecule has 2 saturated heterocycles. The van der Waals surface area contributed by atoms with E-state index in [0.29, 0.717) is 19.5 Å². The average molecular weight is 315 g/mol. The summed E-state index contributed by atoms with van der Waals surface area (Å²) in [5.41, 5.74) is 3.34. The monoisotopic (exact) mass is 315 g/mol. The van der Waals surface area contributed by atoms with Gasteiger partial charge >= 0.3 is 0 Å². The fourth-order valence-electron chi connectivity index (χ4n) is 3.11. The van der Waals surface area contributed by atoms with Crippen LogP contribution in [0, 0.1) is 13.8 Å². The number of hydrogen-bond acceptors (Lipinski definition) is 3. The van der Waals surface area contributed by atoms with Crippen LogP contribution in [0.1, 0.15) is 16.7 Å². The van der Waals surface area contributed by atoms with Gasteiger partial charge in [-0.1, -0.05) is 18.2 Å². The summed E-state index contributed by atoms with van der Waals surface area (Å²) in [5, 5.41) is 2.59. The Balaban J connectivity index is 1.67. The van der Waals surface area contributed by atoms with Gasteiger partial charge in [0.25, 0.3) is 0 Å². The molecule has 3 rings (SSSR count). The number of amides is 3. The molecule has 2 fully saturated rings. The molecule has 0 aromatic heterocycles. The predicted octanol–water partition coefficient (Wildman–Crippen LogP) is 0.0151. The van der Waals surface area contributed by atoms with Gasteiger partial charge in [0.15, 0.2) is 0 Å². The highest BCUT2D eigenvalue weighted by Crippen LogP contribution is 2.16. The Morgan fingerprint density at radius 2 is 2.00 bits per heavy atom. The van der Waals surface area contributed by atoms with Gasteiger partial charge in [0.2, 0.25) is 17.7 Å². The number of hydrogen-bond donors (Lipinski definition) is 1. The molecule has 6 nitrogen and oxygen atoms in total. The van der Waals surface area contributed by atoms with Crippen molar-refractivity contribution < 1.29 is 14.4 Å². The Labute approximate surface area is 135 Å². The molecular formula is C17H21N3O3. The van der Waals surface area contributed by atoms with E-state index >= 15 is 0 Å². The SMILES string of the molecule is Cc1ccc(CC(=O)N2CCN3C(=O)CNC(=O)[C@H]3C2)cc1C. The van der Waals surface area contributed by atoms with E-state index < -0.39 is 6.04 Å². The van der Waals surface area contributed by atoms with Crippen LogP contribution >= 0.6 is 0 Å². The van der Waals surface area contributed by atoms with Crippen LogP contribution < -0.4 is 5.32 Å². The number of nitrogens with zero attached hydrogens (tertiary/aromatic N) is 2. The highest BCUT2D eigenvalue weighted by molar-refractivity contribution is 5.95. The fourth-order valence-corrected chi connectivity index (χ4v) is 3.11. The van der Waals surface area contributed by atoms with Crippen LogP contribution in [0.2, 0.25) is 0 Å². The molecule has 0 saturated carbocycles. The Morgan fingerprint density at radius 1 is 1.22 bits per heavy atom.